The molecule has 1 aliphatic heterocycles. The van der Waals surface area contributed by atoms with E-state index < -0.39 is 0 Å². The number of nitrogens with zero attached hydrogens (tertiary/aromatic N) is 2. The van der Waals surface area contributed by atoms with Crippen molar-refractivity contribution in [3.63, 3.8) is 0 Å². The van der Waals surface area contributed by atoms with Gasteiger partial charge >= 0.3 is 0 Å². The van der Waals surface area contributed by atoms with E-state index in [2.05, 4.69) is 0 Å². The van der Waals surface area contributed by atoms with Gasteiger partial charge in [0.1, 0.15) is 12.1 Å². The molecule has 1 aliphatic rings. The lowest BCUT2D eigenvalue weighted by Crippen LogP contribution is -2.47. The number of piperidine rings is 1. The first kappa shape index (κ1) is 15.6. The number of amides is 1. The van der Waals surface area contributed by atoms with Gasteiger partial charge in [-0.15, -0.1) is 0 Å². The van der Waals surface area contributed by atoms with Gasteiger partial charge in [-0.3, -0.25) is 9.69 Å². The second-order valence-electron chi connectivity index (χ2n) is 5.28. The smallest absolute Gasteiger partial charge is 0.241 e. The number of hydrogen-bond donors (Lipinski definition) is 0. The Balaban J connectivity index is 2.05. The van der Waals surface area contributed by atoms with Crippen LogP contribution >= 0.6 is 0 Å². The summed E-state index contributed by atoms with van der Waals surface area (Å²) >= 11 is 0. The molecule has 2 rings (SSSR count). The van der Waals surface area contributed by atoms with Crippen molar-refractivity contribution >= 4 is 17.9 Å². The molecule has 1 saturated heterocycles. The first-order chi connectivity index (χ1) is 10.2. The van der Waals surface area contributed by atoms with E-state index in [-0.39, 0.29) is 24.3 Å². The molecule has 0 spiro atoms. The van der Waals surface area contributed by atoms with Crippen LogP contribution in [0, 0.1) is 5.82 Å². The highest BCUT2D eigenvalue weighted by Gasteiger charge is 2.25. The van der Waals surface area contributed by atoms with Crippen LogP contribution < -0.4 is 4.90 Å². The van der Waals surface area contributed by atoms with Gasteiger partial charge in [-0.25, -0.2) is 4.39 Å². The molecule has 1 atom stereocenters. The molecular formula is C16H21FN2O2. The number of rotatable bonds is 5. The third kappa shape index (κ3) is 3.88. The third-order valence-electron chi connectivity index (χ3n) is 3.92. The van der Waals surface area contributed by atoms with Crippen LogP contribution in [0.25, 0.3) is 0 Å². The van der Waals surface area contributed by atoms with Crippen LogP contribution in [0.2, 0.25) is 0 Å². The Kier molecular flexibility index (Phi) is 5.44. The number of likely N-dealkylation sites (tertiary alicyclic amines) is 1. The summed E-state index contributed by atoms with van der Waals surface area (Å²) in [5, 5.41) is 0. The lowest BCUT2D eigenvalue weighted by Gasteiger charge is -2.33. The topological polar surface area (TPSA) is 40.6 Å². The number of carbonyl (C=O) groups is 2. The Hall–Kier alpha value is -1.75. The van der Waals surface area contributed by atoms with Crippen molar-refractivity contribution in [2.75, 3.05) is 24.5 Å². The number of carbonyl (C=O) groups excluding carboxylic acids is 2. The highest BCUT2D eigenvalue weighted by molar-refractivity contribution is 5.94. The fraction of sp³-hybridized carbons (Fsp3) is 0.500. The normalized spacial score (nSPS) is 19.2. The summed E-state index contributed by atoms with van der Waals surface area (Å²) in [6.45, 7) is 3.41. The molecule has 21 heavy (non-hydrogen) atoms. The third-order valence-corrected chi connectivity index (χ3v) is 3.92. The Bertz CT molecular complexity index is 490. The second kappa shape index (κ2) is 7.31. The maximum absolute atomic E-state index is 13.0. The summed E-state index contributed by atoms with van der Waals surface area (Å²) in [7, 11) is 0. The minimum atomic E-state index is -0.320. The molecule has 1 amide bonds. The first-order valence-electron chi connectivity index (χ1n) is 7.41. The molecule has 0 radical (unpaired) electrons. The predicted octanol–water partition coefficient (Wildman–Crippen LogP) is 2.23. The van der Waals surface area contributed by atoms with Gasteiger partial charge in [0.15, 0.2) is 0 Å². The van der Waals surface area contributed by atoms with Crippen molar-refractivity contribution in [2.24, 2.45) is 0 Å². The quantitative estimate of drug-likeness (QED) is 0.781. The van der Waals surface area contributed by atoms with Gasteiger partial charge in [0, 0.05) is 12.2 Å². The van der Waals surface area contributed by atoms with E-state index >= 15 is 0 Å². The van der Waals surface area contributed by atoms with Crippen molar-refractivity contribution in [2.45, 2.75) is 32.2 Å². The van der Waals surface area contributed by atoms with E-state index in [1.807, 2.05) is 11.8 Å². The fourth-order valence-electron chi connectivity index (χ4n) is 2.75. The van der Waals surface area contributed by atoms with Gasteiger partial charge < -0.3 is 9.69 Å². The number of likely N-dealkylation sites (N-methyl/N-ethyl adjacent to an activating group) is 1. The van der Waals surface area contributed by atoms with Gasteiger partial charge in [0.25, 0.3) is 0 Å². The van der Waals surface area contributed by atoms with Gasteiger partial charge in [-0.2, -0.15) is 0 Å². The summed E-state index contributed by atoms with van der Waals surface area (Å²) in [5.41, 5.74) is 0.684. The Morgan fingerprint density at radius 3 is 2.71 bits per heavy atom. The number of benzene rings is 1. The number of anilines is 1. The van der Waals surface area contributed by atoms with Crippen LogP contribution in [0.5, 0.6) is 0 Å². The van der Waals surface area contributed by atoms with Crippen LogP contribution in [0.15, 0.2) is 24.3 Å². The lowest BCUT2D eigenvalue weighted by molar-refractivity contribution is -0.122. The molecule has 5 heteroatoms. The molecule has 0 bridgehead atoms. The van der Waals surface area contributed by atoms with Crippen molar-refractivity contribution in [3.8, 4) is 0 Å². The molecule has 1 heterocycles. The molecule has 1 fully saturated rings. The van der Waals surface area contributed by atoms with E-state index in [0.29, 0.717) is 12.2 Å². The molecule has 1 aromatic rings. The van der Waals surface area contributed by atoms with Gasteiger partial charge in [-0.05, 0) is 50.6 Å². The summed E-state index contributed by atoms with van der Waals surface area (Å²) < 4.78 is 13.0. The van der Waals surface area contributed by atoms with Crippen molar-refractivity contribution in [1.82, 2.24) is 4.90 Å². The summed E-state index contributed by atoms with van der Waals surface area (Å²) in [4.78, 5) is 27.1. The van der Waals surface area contributed by atoms with E-state index in [1.165, 1.54) is 12.1 Å². The predicted molar refractivity (Wildman–Crippen MR) is 79.7 cm³/mol. The largest absolute Gasteiger partial charge is 0.312 e. The van der Waals surface area contributed by atoms with Gasteiger partial charge in [0.2, 0.25) is 5.91 Å². The summed E-state index contributed by atoms with van der Waals surface area (Å²) in [5.74, 6) is -0.378. The monoisotopic (exact) mass is 292 g/mol. The van der Waals surface area contributed by atoms with Crippen LogP contribution in [0.3, 0.4) is 0 Å². The van der Waals surface area contributed by atoms with Crippen LogP contribution in [0.4, 0.5) is 10.1 Å². The molecule has 0 saturated carbocycles. The maximum atomic E-state index is 13.0. The zero-order valence-corrected chi connectivity index (χ0v) is 12.3. The number of aldehydes is 1. The molecular weight excluding hydrogens is 271 g/mol. The van der Waals surface area contributed by atoms with E-state index in [1.54, 1.807) is 17.0 Å². The lowest BCUT2D eigenvalue weighted by atomic mass is 10.0. The van der Waals surface area contributed by atoms with Crippen LogP contribution in [-0.2, 0) is 9.59 Å². The highest BCUT2D eigenvalue weighted by Crippen LogP contribution is 2.18. The highest BCUT2D eigenvalue weighted by atomic mass is 19.1. The SMILES string of the molecule is CCN(C(=O)CN1CCCCC1C=O)c1ccc(F)cc1. The van der Waals surface area contributed by atoms with E-state index in [9.17, 15) is 14.0 Å². The minimum absolute atomic E-state index is 0.0575. The maximum Gasteiger partial charge on any atom is 0.241 e. The average Bonchev–Trinajstić information content (AvgIpc) is 2.50. The van der Waals surface area contributed by atoms with Crippen molar-refractivity contribution < 1.29 is 14.0 Å². The zero-order valence-electron chi connectivity index (χ0n) is 12.3. The molecule has 114 valence electrons. The molecule has 0 aromatic heterocycles. The standard InChI is InChI=1S/C16H21FN2O2/c1-2-19(14-8-6-13(17)7-9-14)16(21)11-18-10-4-3-5-15(18)12-20/h6-9,12,15H,2-5,10-11H2,1H3. The summed E-state index contributed by atoms with van der Waals surface area (Å²) in [6, 6.07) is 5.74. The minimum Gasteiger partial charge on any atom is -0.312 e. The van der Waals surface area contributed by atoms with Crippen molar-refractivity contribution in [3.05, 3.63) is 30.1 Å². The second-order valence-corrected chi connectivity index (χ2v) is 5.28. The first-order valence-corrected chi connectivity index (χ1v) is 7.41. The average molecular weight is 292 g/mol. The molecule has 0 aliphatic carbocycles. The Morgan fingerprint density at radius 1 is 1.38 bits per heavy atom. The van der Waals surface area contributed by atoms with Crippen LogP contribution in [-0.4, -0.2) is 42.8 Å². The molecule has 4 nitrogen and oxygen atoms in total. The number of halogens is 1. The van der Waals surface area contributed by atoms with E-state index in [0.717, 1.165) is 32.1 Å². The van der Waals surface area contributed by atoms with Gasteiger partial charge in [-0.1, -0.05) is 6.42 Å². The Labute approximate surface area is 124 Å². The fourth-order valence-corrected chi connectivity index (χ4v) is 2.75. The Morgan fingerprint density at radius 2 is 2.10 bits per heavy atom. The van der Waals surface area contributed by atoms with Crippen molar-refractivity contribution in [1.29, 1.82) is 0 Å². The molecule has 1 unspecified atom stereocenters. The zero-order chi connectivity index (χ0) is 15.2. The number of hydrogen-bond acceptors (Lipinski definition) is 3. The summed E-state index contributed by atoms with van der Waals surface area (Å²) in [6.07, 6.45) is 3.80. The van der Waals surface area contributed by atoms with E-state index in [4.69, 9.17) is 0 Å². The van der Waals surface area contributed by atoms with Gasteiger partial charge in [0.05, 0.1) is 12.6 Å². The van der Waals surface area contributed by atoms with Crippen LogP contribution in [0.1, 0.15) is 26.2 Å². The molecule has 1 aromatic carbocycles. The molecule has 0 N–H and O–H groups in total.